The van der Waals surface area contributed by atoms with Crippen LogP contribution in [0.3, 0.4) is 0 Å². The second kappa shape index (κ2) is 26.8. The summed E-state index contributed by atoms with van der Waals surface area (Å²) < 4.78 is 26.1. The van der Waals surface area contributed by atoms with E-state index in [0.29, 0.717) is 30.9 Å². The van der Waals surface area contributed by atoms with Crippen molar-refractivity contribution in [2.75, 3.05) is 50.3 Å². The minimum atomic E-state index is -1.74. The first-order chi connectivity index (χ1) is 31.0. The Morgan fingerprint density at radius 1 is 0.806 bits per heavy atom. The van der Waals surface area contributed by atoms with Gasteiger partial charge in [-0.2, -0.15) is 0 Å². The summed E-state index contributed by atoms with van der Waals surface area (Å²) in [5.74, 6) is -0.602. The molecule has 3 heterocycles. The Bertz CT molecular complexity index is 1960. The Balaban J connectivity index is 0.000000379. The number of nitrogens with two attached hydrogens (primary N) is 1. The van der Waals surface area contributed by atoms with Gasteiger partial charge in [0.25, 0.3) is 11.8 Å². The van der Waals surface area contributed by atoms with Gasteiger partial charge in [-0.1, -0.05) is 104 Å². The van der Waals surface area contributed by atoms with Crippen molar-refractivity contribution in [3.63, 3.8) is 0 Å². The second-order valence-corrected chi connectivity index (χ2v) is 18.3. The summed E-state index contributed by atoms with van der Waals surface area (Å²) >= 11 is 0. The lowest BCUT2D eigenvalue weighted by Crippen LogP contribution is -2.57. The average Bonchev–Trinajstić information content (AvgIpc) is 3.42. The van der Waals surface area contributed by atoms with Crippen LogP contribution in [0.25, 0.3) is 0 Å². The van der Waals surface area contributed by atoms with Gasteiger partial charge >= 0.3 is 5.97 Å². The van der Waals surface area contributed by atoms with Crippen LogP contribution in [0.2, 0.25) is 0 Å². The van der Waals surface area contributed by atoms with Crippen LogP contribution in [0.1, 0.15) is 68.2 Å². The molecule has 3 aliphatic rings. The fraction of sp³-hybridized carbons (Fsp3) is 0.583. The zero-order valence-electron chi connectivity index (χ0n) is 40.2. The third-order valence-electron chi connectivity index (χ3n) is 10.3. The van der Waals surface area contributed by atoms with Crippen molar-refractivity contribution < 1.29 is 68.4 Å². The van der Waals surface area contributed by atoms with Crippen molar-refractivity contribution in [2.24, 2.45) is 16.6 Å². The lowest BCUT2D eigenvalue weighted by Gasteiger charge is -2.29. The van der Waals surface area contributed by atoms with Crippen LogP contribution in [0.4, 0.5) is 11.4 Å². The van der Waals surface area contributed by atoms with E-state index >= 15 is 0 Å². The third kappa shape index (κ3) is 16.8. The van der Waals surface area contributed by atoms with Crippen molar-refractivity contribution >= 4 is 47.5 Å². The molecule has 0 spiro atoms. The SMILES string of the molecule is CCCN1C(=O)[C@@H](N)COc2ccccc21.CCCN1C(=O)[C@@H](NC(=O)[C@H](OC)[C@H](O)[C@@H](O)[C@H](O)/C=C/C(C)(C)C)COc2ccccc21.CO[C@H]1C(=O)O[C@@H]([C@H](O)/C=C/C(C)(C)C)[C@H]1O.Cl. The van der Waals surface area contributed by atoms with Gasteiger partial charge in [-0.3, -0.25) is 14.4 Å². The van der Waals surface area contributed by atoms with Gasteiger partial charge in [0.05, 0.1) is 11.4 Å². The molecule has 1 fully saturated rings. The van der Waals surface area contributed by atoms with E-state index in [2.05, 4.69) is 5.32 Å². The van der Waals surface area contributed by atoms with Crippen molar-refractivity contribution in [1.82, 2.24) is 5.32 Å². The van der Waals surface area contributed by atoms with Gasteiger partial charge in [0.2, 0.25) is 5.91 Å². The van der Waals surface area contributed by atoms with Gasteiger partial charge < -0.3 is 70.1 Å². The highest BCUT2D eigenvalue weighted by Gasteiger charge is 2.47. The monoisotopic (exact) mass is 964 g/mol. The summed E-state index contributed by atoms with van der Waals surface area (Å²) in [6, 6.07) is 13.1. The highest BCUT2D eigenvalue weighted by atomic mass is 35.5. The summed E-state index contributed by atoms with van der Waals surface area (Å²) in [6.45, 7) is 16.9. The predicted octanol–water partition coefficient (Wildman–Crippen LogP) is 2.83. The molecule has 3 aliphatic heterocycles. The van der Waals surface area contributed by atoms with E-state index in [1.807, 2.05) is 79.7 Å². The van der Waals surface area contributed by atoms with Crippen LogP contribution in [0.15, 0.2) is 72.8 Å². The van der Waals surface area contributed by atoms with Gasteiger partial charge in [-0.25, -0.2) is 4.79 Å². The Hall–Kier alpha value is -4.63. The number of allylic oxidation sites excluding steroid dienone is 2. The molecule has 2 aromatic rings. The van der Waals surface area contributed by atoms with E-state index in [1.165, 1.54) is 26.4 Å². The first-order valence-electron chi connectivity index (χ1n) is 22.2. The maximum absolute atomic E-state index is 13.2. The number of nitrogens with zero attached hydrogens (tertiary/aromatic N) is 2. The maximum Gasteiger partial charge on any atom is 0.338 e. The van der Waals surface area contributed by atoms with Crippen molar-refractivity contribution in [1.29, 1.82) is 0 Å². The number of ether oxygens (including phenoxy) is 5. The molecule has 3 amide bonds. The van der Waals surface area contributed by atoms with E-state index in [9.17, 15) is 44.7 Å². The topological polar surface area (TPSA) is 260 Å². The van der Waals surface area contributed by atoms with Crippen molar-refractivity contribution in [2.45, 2.75) is 129 Å². The number of cyclic esters (lactones) is 1. The van der Waals surface area contributed by atoms with E-state index in [4.69, 9.17) is 29.4 Å². The number of halogens is 1. The number of aliphatic hydroxyl groups is 5. The first kappa shape index (κ1) is 58.5. The fourth-order valence-corrected chi connectivity index (χ4v) is 6.86. The first-order valence-corrected chi connectivity index (χ1v) is 22.2. The third-order valence-corrected chi connectivity index (χ3v) is 10.3. The summed E-state index contributed by atoms with van der Waals surface area (Å²) in [7, 11) is 2.51. The molecule has 19 heteroatoms. The largest absolute Gasteiger partial charge is 0.489 e. The number of methoxy groups -OCH3 is 2. The second-order valence-electron chi connectivity index (χ2n) is 18.3. The molecule has 18 nitrogen and oxygen atoms in total. The number of amides is 3. The highest BCUT2D eigenvalue weighted by molar-refractivity contribution is 6.01. The molecular weight excluding hydrogens is 892 g/mol. The lowest BCUT2D eigenvalue weighted by molar-refractivity contribution is -0.151. The van der Waals surface area contributed by atoms with Gasteiger partial charge in [0, 0.05) is 27.3 Å². The fourth-order valence-electron chi connectivity index (χ4n) is 6.86. The number of nitrogens with one attached hydrogen (secondary N) is 1. The van der Waals surface area contributed by atoms with E-state index in [-0.39, 0.29) is 48.3 Å². The van der Waals surface area contributed by atoms with Crippen molar-refractivity contribution in [3.8, 4) is 11.5 Å². The van der Waals surface area contributed by atoms with Crippen LogP contribution in [0.5, 0.6) is 11.5 Å². The molecular formula is C48H73ClN4O14. The number of hydrogen-bond acceptors (Lipinski definition) is 15. The number of hydrogen-bond donors (Lipinski definition) is 7. The summed E-state index contributed by atoms with van der Waals surface area (Å²) in [4.78, 5) is 52.6. The number of carbonyl (C=O) groups excluding carboxylic acids is 4. The predicted molar refractivity (Wildman–Crippen MR) is 255 cm³/mol. The molecule has 0 radical (unpaired) electrons. The van der Waals surface area contributed by atoms with Crippen LogP contribution in [-0.4, -0.2) is 151 Å². The molecule has 0 saturated carbocycles. The van der Waals surface area contributed by atoms with Crippen LogP contribution < -0.4 is 30.3 Å². The molecule has 376 valence electrons. The lowest BCUT2D eigenvalue weighted by atomic mass is 9.94. The number of para-hydroxylation sites is 4. The Kier molecular flexibility index (Phi) is 23.4. The molecule has 5 rings (SSSR count). The Labute approximate surface area is 400 Å². The molecule has 0 bridgehead atoms. The Morgan fingerprint density at radius 3 is 1.78 bits per heavy atom. The summed E-state index contributed by atoms with van der Waals surface area (Å²) in [6.07, 6.45) is -2.53. The molecule has 0 aliphatic carbocycles. The zero-order valence-corrected chi connectivity index (χ0v) is 41.1. The average molecular weight is 966 g/mol. The van der Waals surface area contributed by atoms with Crippen molar-refractivity contribution in [3.05, 3.63) is 72.8 Å². The number of rotatable bonds is 14. The number of aliphatic hydroxyl groups excluding tert-OH is 5. The molecule has 10 atom stereocenters. The van der Waals surface area contributed by atoms with Gasteiger partial charge in [0.1, 0.15) is 67.3 Å². The quantitative estimate of drug-likeness (QED) is 0.106. The number of esters is 1. The van der Waals surface area contributed by atoms with Crippen LogP contribution in [-0.2, 0) is 33.4 Å². The molecule has 8 N–H and O–H groups in total. The van der Waals surface area contributed by atoms with Gasteiger partial charge in [0.15, 0.2) is 18.3 Å². The molecule has 1 saturated heterocycles. The normalized spacial score (nSPS) is 22.9. The van der Waals surface area contributed by atoms with Crippen LogP contribution >= 0.6 is 12.4 Å². The number of anilines is 2. The number of carbonyl (C=O) groups is 4. The maximum atomic E-state index is 13.2. The number of benzene rings is 2. The van der Waals surface area contributed by atoms with Gasteiger partial charge in [-0.15, -0.1) is 12.4 Å². The van der Waals surface area contributed by atoms with E-state index in [1.54, 1.807) is 46.2 Å². The summed E-state index contributed by atoms with van der Waals surface area (Å²) in [5.41, 5.74) is 6.87. The zero-order chi connectivity index (χ0) is 49.5. The number of fused-ring (bicyclic) bond motifs is 2. The smallest absolute Gasteiger partial charge is 0.338 e. The van der Waals surface area contributed by atoms with Crippen LogP contribution in [0, 0.1) is 10.8 Å². The highest BCUT2D eigenvalue weighted by Crippen LogP contribution is 2.32. The molecule has 2 aromatic carbocycles. The Morgan fingerprint density at radius 2 is 1.30 bits per heavy atom. The molecule has 67 heavy (non-hydrogen) atoms. The standard InChI is InChI=1S/C24H36N2O7.C12H16N2O2.C12H20O5.ClH/c1-6-13-26-16-9-7-8-10-18(16)33-14-15(23(26)31)25-22(30)21(32-5)20(29)19(28)17(27)11-12-24(2,3)4;1-2-7-14-10-5-3-4-6-11(10)16-8-9(13)12(14)15;1-12(2,3)6-5-7(13)9-8(14)10(16-4)11(15)17-9;/h7-12,15,17,19-21,27-29H,6,13-14H2,1-5H3,(H,25,30);3-6,9H,2,7-8,13H2,1H3;5-10,13-14H,1-4H3;1H/b12-11+;;6-5+;/t15-,17+,19-,20+,21+;9-;7-,8-,9+,10-;/m001./s1. The molecule has 0 unspecified atom stereocenters. The van der Waals surface area contributed by atoms with E-state index < -0.39 is 72.8 Å². The summed E-state index contributed by atoms with van der Waals surface area (Å²) in [5, 5.41) is 53.2. The molecule has 0 aromatic heterocycles. The van der Waals surface area contributed by atoms with E-state index in [0.717, 1.165) is 17.9 Å². The van der Waals surface area contributed by atoms with Gasteiger partial charge in [-0.05, 0) is 47.9 Å². The minimum absolute atomic E-state index is 0. The minimum Gasteiger partial charge on any atom is -0.489 e.